The van der Waals surface area contributed by atoms with Crippen LogP contribution in [0.5, 0.6) is 11.5 Å². The number of hydrogen-bond donors (Lipinski definition) is 1. The van der Waals surface area contributed by atoms with Gasteiger partial charge >= 0.3 is 5.97 Å². The molecule has 2 unspecified atom stereocenters. The van der Waals surface area contributed by atoms with Gasteiger partial charge in [-0.2, -0.15) is 0 Å². The second kappa shape index (κ2) is 13.0. The Morgan fingerprint density at radius 3 is 1.64 bits per heavy atom. The van der Waals surface area contributed by atoms with Crippen LogP contribution in [0.15, 0.2) is 53.7 Å². The monoisotopic (exact) mass is 465 g/mol. The van der Waals surface area contributed by atoms with Gasteiger partial charge in [0.1, 0.15) is 24.8 Å². The molecule has 0 radical (unpaired) electrons. The van der Waals surface area contributed by atoms with E-state index >= 15 is 0 Å². The average Bonchev–Trinajstić information content (AvgIpc) is 2.85. The van der Waals surface area contributed by atoms with E-state index < -0.39 is 36.9 Å². The number of alkyl halides is 2. The molecule has 0 aliphatic rings. The van der Waals surface area contributed by atoms with E-state index in [-0.39, 0.29) is 19.1 Å². The number of carbonyl (C=O) groups excluding carboxylic acids is 2. The standard InChI is InChI=1S/C23H25F2NO7/c1-30-21(26-29)13-32-17-7-3-15(4-8-17)19(11-24)23(28)20(12-25)16-5-9-18(10-6-16)33-14-22(27)31-2/h3-10,19-20,29H,11-14H2,1-2H3. The molecule has 0 amide bonds. The van der Waals surface area contributed by atoms with Gasteiger partial charge in [-0.15, -0.1) is 0 Å². The molecular formula is C23H25F2NO7. The van der Waals surface area contributed by atoms with Crippen LogP contribution in [0, 0.1) is 0 Å². The Bertz CT molecular complexity index is 933. The molecule has 0 heterocycles. The Balaban J connectivity index is 2.09. The lowest BCUT2D eigenvalue weighted by Gasteiger charge is -2.20. The van der Waals surface area contributed by atoms with Crippen LogP contribution in [0.25, 0.3) is 0 Å². The van der Waals surface area contributed by atoms with E-state index in [1.807, 2.05) is 0 Å². The van der Waals surface area contributed by atoms with Crippen molar-refractivity contribution in [2.45, 2.75) is 11.8 Å². The number of benzene rings is 2. The Morgan fingerprint density at radius 2 is 1.27 bits per heavy atom. The maximum atomic E-state index is 13.8. The van der Waals surface area contributed by atoms with Crippen LogP contribution in [-0.2, 0) is 19.1 Å². The zero-order chi connectivity index (χ0) is 24.2. The topological polar surface area (TPSA) is 104 Å². The summed E-state index contributed by atoms with van der Waals surface area (Å²) in [5.74, 6) is -2.81. The maximum absolute atomic E-state index is 13.8. The second-order valence-electron chi connectivity index (χ2n) is 6.81. The Kier molecular flexibility index (Phi) is 10.1. The van der Waals surface area contributed by atoms with Crippen molar-refractivity contribution in [3.05, 3.63) is 59.7 Å². The van der Waals surface area contributed by atoms with E-state index in [2.05, 4.69) is 9.89 Å². The first-order chi connectivity index (χ1) is 16.0. The van der Waals surface area contributed by atoms with Crippen molar-refractivity contribution in [3.8, 4) is 11.5 Å². The largest absolute Gasteiger partial charge is 0.484 e. The summed E-state index contributed by atoms with van der Waals surface area (Å²) >= 11 is 0. The van der Waals surface area contributed by atoms with E-state index in [0.717, 1.165) is 0 Å². The first kappa shape index (κ1) is 25.6. The Morgan fingerprint density at radius 1 is 0.818 bits per heavy atom. The van der Waals surface area contributed by atoms with E-state index in [1.165, 1.54) is 62.8 Å². The van der Waals surface area contributed by atoms with Crippen LogP contribution in [-0.4, -0.2) is 63.6 Å². The molecule has 2 rings (SSSR count). The second-order valence-corrected chi connectivity index (χ2v) is 6.81. The number of ketones is 1. The lowest BCUT2D eigenvalue weighted by molar-refractivity contribution is -0.142. The Labute approximate surface area is 189 Å². The van der Waals surface area contributed by atoms with Gasteiger partial charge in [0.2, 0.25) is 0 Å². The molecule has 10 heteroatoms. The van der Waals surface area contributed by atoms with Crippen molar-refractivity contribution < 1.29 is 42.5 Å². The molecule has 8 nitrogen and oxygen atoms in total. The van der Waals surface area contributed by atoms with Gasteiger partial charge in [0.25, 0.3) is 5.90 Å². The van der Waals surface area contributed by atoms with Crippen LogP contribution in [0.4, 0.5) is 8.78 Å². The lowest BCUT2D eigenvalue weighted by Crippen LogP contribution is -2.24. The van der Waals surface area contributed by atoms with Crippen LogP contribution in [0.2, 0.25) is 0 Å². The number of nitrogens with zero attached hydrogens (tertiary/aromatic N) is 1. The van der Waals surface area contributed by atoms with Crippen LogP contribution in [0.3, 0.4) is 0 Å². The maximum Gasteiger partial charge on any atom is 0.343 e. The van der Waals surface area contributed by atoms with Gasteiger partial charge in [0.15, 0.2) is 19.0 Å². The van der Waals surface area contributed by atoms with Crippen molar-refractivity contribution in [1.29, 1.82) is 0 Å². The molecular weight excluding hydrogens is 440 g/mol. The van der Waals surface area contributed by atoms with Crippen molar-refractivity contribution in [1.82, 2.24) is 0 Å². The van der Waals surface area contributed by atoms with Crippen molar-refractivity contribution in [2.24, 2.45) is 5.16 Å². The minimum absolute atomic E-state index is 0.0385. The van der Waals surface area contributed by atoms with Crippen molar-refractivity contribution >= 4 is 17.7 Å². The van der Waals surface area contributed by atoms with Gasteiger partial charge in [-0.05, 0) is 35.4 Å². The third-order valence-electron chi connectivity index (χ3n) is 4.85. The van der Waals surface area contributed by atoms with Crippen LogP contribution >= 0.6 is 0 Å². The summed E-state index contributed by atoms with van der Waals surface area (Å²) in [5.41, 5.74) is 0.732. The van der Waals surface area contributed by atoms with E-state index in [0.29, 0.717) is 22.6 Å². The van der Waals surface area contributed by atoms with Crippen LogP contribution in [0.1, 0.15) is 23.0 Å². The molecule has 1 N–H and O–H groups in total. The zero-order valence-corrected chi connectivity index (χ0v) is 18.2. The molecule has 0 saturated carbocycles. The lowest BCUT2D eigenvalue weighted by atomic mass is 9.85. The van der Waals surface area contributed by atoms with Gasteiger partial charge in [-0.1, -0.05) is 29.4 Å². The molecule has 33 heavy (non-hydrogen) atoms. The minimum Gasteiger partial charge on any atom is -0.484 e. The molecule has 0 spiro atoms. The number of carbonyl (C=O) groups is 2. The highest BCUT2D eigenvalue weighted by Gasteiger charge is 2.29. The number of esters is 1. The number of ether oxygens (including phenoxy) is 4. The smallest absolute Gasteiger partial charge is 0.343 e. The first-order valence-electron chi connectivity index (χ1n) is 9.90. The number of Topliss-reactive ketones (excluding diaryl/α,β-unsaturated/α-hetero) is 1. The fraction of sp³-hybridized carbons (Fsp3) is 0.348. The summed E-state index contributed by atoms with van der Waals surface area (Å²) in [6, 6.07) is 12.1. The van der Waals surface area contributed by atoms with Gasteiger partial charge in [0, 0.05) is 0 Å². The molecule has 2 atom stereocenters. The molecule has 0 aliphatic carbocycles. The third-order valence-corrected chi connectivity index (χ3v) is 4.85. The number of oxime groups is 1. The van der Waals surface area contributed by atoms with Crippen molar-refractivity contribution in [3.63, 3.8) is 0 Å². The van der Waals surface area contributed by atoms with E-state index in [1.54, 1.807) is 0 Å². The van der Waals surface area contributed by atoms with Gasteiger partial charge in [0.05, 0.1) is 26.1 Å². The predicted molar refractivity (Wildman–Crippen MR) is 115 cm³/mol. The van der Waals surface area contributed by atoms with Crippen molar-refractivity contribution in [2.75, 3.05) is 40.8 Å². The Hall–Kier alpha value is -3.69. The molecule has 178 valence electrons. The average molecular weight is 465 g/mol. The number of hydrogen-bond acceptors (Lipinski definition) is 8. The van der Waals surface area contributed by atoms with Crippen LogP contribution < -0.4 is 9.47 Å². The number of halogens is 2. The van der Waals surface area contributed by atoms with E-state index in [9.17, 15) is 18.4 Å². The normalized spacial score (nSPS) is 13.0. The molecule has 2 aromatic carbocycles. The van der Waals surface area contributed by atoms with Gasteiger partial charge < -0.3 is 24.2 Å². The SMILES string of the molecule is COC(=O)COc1ccc(C(CF)C(=O)C(CF)c2ccc(OCC(=NO)OC)cc2)cc1. The first-order valence-corrected chi connectivity index (χ1v) is 9.90. The fourth-order valence-electron chi connectivity index (χ4n) is 2.97. The quantitative estimate of drug-likeness (QED) is 0.168. The molecule has 0 fully saturated rings. The summed E-state index contributed by atoms with van der Waals surface area (Å²) in [6.45, 7) is -2.41. The molecule has 0 bridgehead atoms. The highest BCUT2D eigenvalue weighted by Crippen LogP contribution is 2.30. The number of methoxy groups -OCH3 is 2. The highest BCUT2D eigenvalue weighted by molar-refractivity contribution is 5.92. The minimum atomic E-state index is -1.17. The van der Waals surface area contributed by atoms with Gasteiger partial charge in [-0.3, -0.25) is 4.79 Å². The zero-order valence-electron chi connectivity index (χ0n) is 18.2. The third kappa shape index (κ3) is 7.16. The summed E-state index contributed by atoms with van der Waals surface area (Å²) in [6.07, 6.45) is 0. The molecule has 0 aliphatic heterocycles. The summed E-state index contributed by atoms with van der Waals surface area (Å²) in [7, 11) is 2.56. The van der Waals surface area contributed by atoms with E-state index in [4.69, 9.17) is 19.4 Å². The van der Waals surface area contributed by atoms with Gasteiger partial charge in [-0.25, -0.2) is 13.6 Å². The highest BCUT2D eigenvalue weighted by atomic mass is 19.1. The predicted octanol–water partition coefficient (Wildman–Crippen LogP) is 3.43. The fourth-order valence-corrected chi connectivity index (χ4v) is 2.97. The molecule has 2 aromatic rings. The molecule has 0 saturated heterocycles. The summed E-state index contributed by atoms with van der Waals surface area (Å²) < 4.78 is 47.5. The number of rotatable bonds is 12. The molecule has 0 aromatic heterocycles. The summed E-state index contributed by atoms with van der Waals surface area (Å²) in [5, 5.41) is 11.6. The summed E-state index contributed by atoms with van der Waals surface area (Å²) in [4.78, 5) is 24.1.